The van der Waals surface area contributed by atoms with E-state index >= 15 is 0 Å². The minimum absolute atomic E-state index is 0.0347. The number of benzene rings is 3. The van der Waals surface area contributed by atoms with Gasteiger partial charge >= 0.3 is 6.03 Å². The van der Waals surface area contributed by atoms with Gasteiger partial charge in [0.15, 0.2) is 0 Å². The maximum atomic E-state index is 13.4. The second kappa shape index (κ2) is 9.72. The van der Waals surface area contributed by atoms with Gasteiger partial charge in [0.1, 0.15) is 5.75 Å². The van der Waals surface area contributed by atoms with Crippen LogP contribution in [0.3, 0.4) is 0 Å². The number of amides is 3. The van der Waals surface area contributed by atoms with Crippen molar-refractivity contribution in [1.29, 1.82) is 0 Å². The maximum absolute atomic E-state index is 13.4. The maximum Gasteiger partial charge on any atom is 0.322 e. The third-order valence-electron chi connectivity index (χ3n) is 9.12. The van der Waals surface area contributed by atoms with Gasteiger partial charge in [0.2, 0.25) is 5.91 Å². The fourth-order valence-corrected chi connectivity index (χ4v) is 6.79. The van der Waals surface area contributed by atoms with Gasteiger partial charge in [0.05, 0.1) is 37.8 Å². The van der Waals surface area contributed by atoms with Gasteiger partial charge in [0, 0.05) is 16.8 Å². The van der Waals surface area contributed by atoms with Crippen LogP contribution in [0.1, 0.15) is 42.4 Å². The molecule has 2 aliphatic heterocycles. The minimum Gasteiger partial charge on any atom is -0.497 e. The summed E-state index contributed by atoms with van der Waals surface area (Å²) in [6.45, 7) is 1.11. The summed E-state index contributed by atoms with van der Waals surface area (Å²) in [4.78, 5) is 32.6. The zero-order chi connectivity index (χ0) is 27.2. The molecule has 7 heteroatoms. The van der Waals surface area contributed by atoms with Crippen molar-refractivity contribution in [2.24, 2.45) is 0 Å². The van der Waals surface area contributed by atoms with Crippen LogP contribution in [0.4, 0.5) is 16.2 Å². The van der Waals surface area contributed by atoms with Crippen LogP contribution < -0.4 is 19.9 Å². The molecular weight excluding hydrogens is 488 g/mol. The molecule has 0 unspecified atom stereocenters. The molecule has 39 heavy (non-hydrogen) atoms. The summed E-state index contributed by atoms with van der Waals surface area (Å²) in [7, 11) is 5.96. The van der Waals surface area contributed by atoms with Crippen molar-refractivity contribution in [3.8, 4) is 5.75 Å². The van der Waals surface area contributed by atoms with Crippen LogP contribution in [0.5, 0.6) is 5.75 Å². The van der Waals surface area contributed by atoms with Gasteiger partial charge in [-0.2, -0.15) is 0 Å². The largest absolute Gasteiger partial charge is 0.497 e. The molecule has 1 saturated heterocycles. The number of methoxy groups -OCH3 is 1. The highest BCUT2D eigenvalue weighted by Gasteiger charge is 2.50. The Bertz CT molecular complexity index is 1380. The van der Waals surface area contributed by atoms with Crippen LogP contribution in [0.25, 0.3) is 0 Å². The molecule has 7 nitrogen and oxygen atoms in total. The van der Waals surface area contributed by atoms with Crippen molar-refractivity contribution in [2.45, 2.75) is 49.7 Å². The van der Waals surface area contributed by atoms with E-state index in [4.69, 9.17) is 4.74 Å². The van der Waals surface area contributed by atoms with Crippen LogP contribution >= 0.6 is 0 Å². The lowest BCUT2D eigenvalue weighted by molar-refractivity contribution is -0.117. The molecule has 1 spiro atoms. The van der Waals surface area contributed by atoms with Gasteiger partial charge < -0.3 is 15.0 Å². The number of nitrogens with one attached hydrogen (secondary N) is 1. The number of hydrogen-bond acceptors (Lipinski definition) is 4. The highest BCUT2D eigenvalue weighted by Crippen LogP contribution is 2.47. The fourth-order valence-electron chi connectivity index (χ4n) is 6.79. The number of carbonyl (C=O) groups excluding carboxylic acids is 2. The zero-order valence-electron chi connectivity index (χ0n) is 22.9. The van der Waals surface area contributed by atoms with E-state index in [2.05, 4.69) is 54.6 Å². The zero-order valence-corrected chi connectivity index (χ0v) is 22.9. The van der Waals surface area contributed by atoms with Crippen LogP contribution in [-0.2, 0) is 23.3 Å². The highest BCUT2D eigenvalue weighted by molar-refractivity contribution is 6.06. The number of urea groups is 1. The Kier molecular flexibility index (Phi) is 6.34. The van der Waals surface area contributed by atoms with Crippen molar-refractivity contribution >= 4 is 23.3 Å². The number of anilines is 2. The van der Waals surface area contributed by atoms with Gasteiger partial charge in [-0.15, -0.1) is 0 Å². The molecule has 0 bridgehead atoms. The first-order chi connectivity index (χ1) is 18.8. The third-order valence-corrected chi connectivity index (χ3v) is 9.12. The smallest absolute Gasteiger partial charge is 0.322 e. The lowest BCUT2D eigenvalue weighted by Gasteiger charge is -2.48. The summed E-state index contributed by atoms with van der Waals surface area (Å²) >= 11 is 0. The Morgan fingerprint density at radius 2 is 1.56 bits per heavy atom. The van der Waals surface area contributed by atoms with E-state index < -0.39 is 0 Å². The molecule has 1 N–H and O–H groups in total. The van der Waals surface area contributed by atoms with Crippen molar-refractivity contribution in [2.75, 3.05) is 37.5 Å². The number of rotatable bonds is 6. The van der Waals surface area contributed by atoms with Crippen LogP contribution in [-0.4, -0.2) is 50.1 Å². The quantitative estimate of drug-likeness (QED) is 0.488. The SMILES string of the molecule is COc1ccc(CN2C(=O)Cc3c2cccc3N2C[C@]3(CC[C@](c4ccccc4)(N(C)C)CC3)NC2=O)cc1. The first-order valence-electron chi connectivity index (χ1n) is 13.7. The number of nitrogens with zero attached hydrogens (tertiary/aromatic N) is 3. The number of ether oxygens (including phenoxy) is 1. The van der Waals surface area contributed by atoms with Gasteiger partial charge in [0.25, 0.3) is 0 Å². The van der Waals surface area contributed by atoms with E-state index in [0.29, 0.717) is 19.5 Å². The van der Waals surface area contributed by atoms with Crippen LogP contribution in [0.15, 0.2) is 72.8 Å². The highest BCUT2D eigenvalue weighted by atomic mass is 16.5. The van der Waals surface area contributed by atoms with Crippen LogP contribution in [0, 0.1) is 0 Å². The van der Waals surface area contributed by atoms with Gasteiger partial charge in [-0.25, -0.2) is 4.79 Å². The molecule has 3 aromatic carbocycles. The van der Waals surface area contributed by atoms with Gasteiger partial charge in [-0.05, 0) is 75.2 Å². The molecule has 0 aromatic heterocycles. The van der Waals surface area contributed by atoms with E-state index in [-0.39, 0.29) is 23.0 Å². The monoisotopic (exact) mass is 524 g/mol. The van der Waals surface area contributed by atoms with Crippen molar-refractivity contribution < 1.29 is 14.3 Å². The van der Waals surface area contributed by atoms with E-state index in [1.165, 1.54) is 5.56 Å². The molecule has 3 aliphatic rings. The van der Waals surface area contributed by atoms with Crippen LogP contribution in [0.2, 0.25) is 0 Å². The van der Waals surface area contributed by atoms with E-state index in [0.717, 1.165) is 53.9 Å². The predicted molar refractivity (Wildman–Crippen MR) is 153 cm³/mol. The number of hydrogen-bond donors (Lipinski definition) is 1. The normalized spacial score (nSPS) is 24.4. The second-order valence-corrected chi connectivity index (χ2v) is 11.4. The summed E-state index contributed by atoms with van der Waals surface area (Å²) in [5.74, 6) is 0.844. The standard InChI is InChI=1S/C32H36N4O3/c1-34(2)32(24-8-5-4-6-9-24)18-16-31(17-19-32)22-36(30(38)33-31)28-11-7-10-27-26(28)20-29(37)35(27)21-23-12-14-25(39-3)15-13-23/h4-15H,16-22H2,1-3H3,(H,33,38)/t31-,32+. The van der Waals surface area contributed by atoms with Gasteiger partial charge in [-0.1, -0.05) is 48.5 Å². The first kappa shape index (κ1) is 25.4. The van der Waals surface area contributed by atoms with E-state index in [1.807, 2.05) is 52.3 Å². The van der Waals surface area contributed by atoms with Crippen molar-refractivity contribution in [3.05, 3.63) is 89.5 Å². The molecule has 1 saturated carbocycles. The Morgan fingerprint density at radius 3 is 2.23 bits per heavy atom. The summed E-state index contributed by atoms with van der Waals surface area (Å²) in [5, 5.41) is 3.37. The Morgan fingerprint density at radius 1 is 0.872 bits per heavy atom. The fraction of sp³-hybridized carbons (Fsp3) is 0.375. The molecular formula is C32H36N4O3. The average molecular weight is 525 g/mol. The third kappa shape index (κ3) is 4.35. The molecule has 2 fully saturated rings. The van der Waals surface area contributed by atoms with E-state index in [9.17, 15) is 9.59 Å². The Balaban J connectivity index is 1.23. The van der Waals surface area contributed by atoms with E-state index in [1.54, 1.807) is 7.11 Å². The molecule has 3 aromatic rings. The molecule has 3 amide bonds. The summed E-state index contributed by atoms with van der Waals surface area (Å²) in [6.07, 6.45) is 4.05. The summed E-state index contributed by atoms with van der Waals surface area (Å²) < 4.78 is 5.27. The molecule has 0 atom stereocenters. The van der Waals surface area contributed by atoms with Crippen molar-refractivity contribution in [3.63, 3.8) is 0 Å². The lowest BCUT2D eigenvalue weighted by Crippen LogP contribution is -2.54. The lowest BCUT2D eigenvalue weighted by atomic mass is 9.69. The summed E-state index contributed by atoms with van der Waals surface area (Å²) in [5.41, 5.74) is 4.74. The van der Waals surface area contributed by atoms with Gasteiger partial charge in [-0.3, -0.25) is 14.6 Å². The molecule has 202 valence electrons. The molecule has 2 heterocycles. The Hall–Kier alpha value is -3.84. The van der Waals surface area contributed by atoms with Crippen molar-refractivity contribution in [1.82, 2.24) is 10.2 Å². The molecule has 6 rings (SSSR count). The first-order valence-corrected chi connectivity index (χ1v) is 13.7. The summed E-state index contributed by atoms with van der Waals surface area (Å²) in [6, 6.07) is 24.4. The molecule has 0 radical (unpaired) electrons. The average Bonchev–Trinajstić information content (AvgIpc) is 3.45. The number of carbonyl (C=O) groups is 2. The molecule has 1 aliphatic carbocycles. The minimum atomic E-state index is -0.264. The second-order valence-electron chi connectivity index (χ2n) is 11.4. The topological polar surface area (TPSA) is 65.1 Å². The predicted octanol–water partition coefficient (Wildman–Crippen LogP) is 5.08. The number of fused-ring (bicyclic) bond motifs is 1. The Labute approximate surface area is 230 Å².